The molecule has 2 rings (SSSR count). The molecule has 0 aromatic rings. The Morgan fingerprint density at radius 2 is 1.67 bits per heavy atom. The molecule has 0 aliphatic heterocycles. The Kier molecular flexibility index (Phi) is 5.50. The zero-order valence-corrected chi connectivity index (χ0v) is 12.4. The molecule has 0 saturated heterocycles. The summed E-state index contributed by atoms with van der Waals surface area (Å²) in [6, 6.07) is 1.28. The van der Waals surface area contributed by atoms with Crippen LogP contribution in [0.15, 0.2) is 0 Å². The summed E-state index contributed by atoms with van der Waals surface area (Å²) in [6.45, 7) is 7.02. The van der Waals surface area contributed by atoms with Gasteiger partial charge in [0.1, 0.15) is 0 Å². The molecular formula is C16H32N2. The van der Waals surface area contributed by atoms with Crippen molar-refractivity contribution in [1.82, 2.24) is 4.90 Å². The van der Waals surface area contributed by atoms with Gasteiger partial charge in [0.25, 0.3) is 0 Å². The van der Waals surface area contributed by atoms with Crippen molar-refractivity contribution in [2.75, 3.05) is 13.1 Å². The number of nitrogens with zero attached hydrogens (tertiary/aromatic N) is 1. The molecule has 2 N–H and O–H groups in total. The highest BCUT2D eigenvalue weighted by atomic mass is 15.2. The van der Waals surface area contributed by atoms with Crippen LogP contribution in [0.25, 0.3) is 0 Å². The molecule has 18 heavy (non-hydrogen) atoms. The second-order valence-corrected chi connectivity index (χ2v) is 7.08. The number of hydrogen-bond acceptors (Lipinski definition) is 2. The Labute approximate surface area is 113 Å². The van der Waals surface area contributed by atoms with Crippen LogP contribution in [0, 0.1) is 11.8 Å². The molecule has 0 amide bonds. The van der Waals surface area contributed by atoms with Crippen LogP contribution in [0.1, 0.15) is 65.2 Å². The zero-order chi connectivity index (χ0) is 13.0. The maximum Gasteiger partial charge on any atom is 0.0170 e. The van der Waals surface area contributed by atoms with Crippen molar-refractivity contribution in [3.8, 4) is 0 Å². The fraction of sp³-hybridized carbons (Fsp3) is 1.00. The molecule has 0 aromatic heterocycles. The minimum atomic E-state index is 0.410. The topological polar surface area (TPSA) is 29.3 Å². The number of nitrogens with two attached hydrogens (primary N) is 1. The van der Waals surface area contributed by atoms with Crippen molar-refractivity contribution in [1.29, 1.82) is 0 Å². The molecule has 2 nitrogen and oxygen atoms in total. The predicted octanol–water partition coefficient (Wildman–Crippen LogP) is 3.40. The third-order valence-corrected chi connectivity index (χ3v) is 4.49. The Balaban J connectivity index is 1.71. The van der Waals surface area contributed by atoms with Crippen LogP contribution in [0.3, 0.4) is 0 Å². The second-order valence-electron chi connectivity index (χ2n) is 7.08. The van der Waals surface area contributed by atoms with Gasteiger partial charge in [-0.3, -0.25) is 4.90 Å². The second kappa shape index (κ2) is 6.91. The van der Waals surface area contributed by atoms with Crippen LogP contribution >= 0.6 is 0 Å². The van der Waals surface area contributed by atoms with E-state index in [1.165, 1.54) is 57.9 Å². The third-order valence-electron chi connectivity index (χ3n) is 4.49. The van der Waals surface area contributed by atoms with E-state index in [2.05, 4.69) is 18.7 Å². The highest BCUT2D eigenvalue weighted by Gasteiger charge is 2.30. The highest BCUT2D eigenvalue weighted by Crippen LogP contribution is 2.30. The van der Waals surface area contributed by atoms with Gasteiger partial charge in [0.15, 0.2) is 0 Å². The highest BCUT2D eigenvalue weighted by molar-refractivity contribution is 4.87. The van der Waals surface area contributed by atoms with Crippen molar-refractivity contribution in [3.63, 3.8) is 0 Å². The normalized spacial score (nSPS) is 23.8. The van der Waals surface area contributed by atoms with Crippen LogP contribution in [-0.2, 0) is 0 Å². The van der Waals surface area contributed by atoms with Crippen molar-refractivity contribution in [2.24, 2.45) is 17.6 Å². The number of rotatable bonds is 7. The largest absolute Gasteiger partial charge is 0.327 e. The summed E-state index contributed by atoms with van der Waals surface area (Å²) in [6.07, 6.45) is 11.3. The zero-order valence-electron chi connectivity index (χ0n) is 12.4. The minimum absolute atomic E-state index is 0.410. The smallest absolute Gasteiger partial charge is 0.0170 e. The van der Waals surface area contributed by atoms with E-state index in [0.29, 0.717) is 6.04 Å². The summed E-state index contributed by atoms with van der Waals surface area (Å²) in [4.78, 5) is 2.66. The molecule has 2 saturated carbocycles. The first kappa shape index (κ1) is 14.3. The van der Waals surface area contributed by atoms with Gasteiger partial charge in [-0.15, -0.1) is 0 Å². The molecule has 1 atom stereocenters. The van der Waals surface area contributed by atoms with E-state index in [1.54, 1.807) is 0 Å². The van der Waals surface area contributed by atoms with Crippen LogP contribution in [0.2, 0.25) is 0 Å². The Morgan fingerprint density at radius 1 is 1.00 bits per heavy atom. The average Bonchev–Trinajstić information content (AvgIpc) is 3.12. The summed E-state index contributed by atoms with van der Waals surface area (Å²) in [5.74, 6) is 1.70. The van der Waals surface area contributed by atoms with Crippen molar-refractivity contribution < 1.29 is 0 Å². The summed E-state index contributed by atoms with van der Waals surface area (Å²) in [5, 5.41) is 0. The monoisotopic (exact) mass is 252 g/mol. The maximum atomic E-state index is 6.41. The fourth-order valence-electron chi connectivity index (χ4n) is 3.51. The molecule has 2 fully saturated rings. The van der Waals surface area contributed by atoms with Crippen LogP contribution in [0.5, 0.6) is 0 Å². The molecule has 0 bridgehead atoms. The van der Waals surface area contributed by atoms with E-state index in [9.17, 15) is 0 Å². The molecule has 2 heteroatoms. The molecule has 2 aliphatic rings. The van der Waals surface area contributed by atoms with Gasteiger partial charge in [0, 0.05) is 25.2 Å². The fourth-order valence-corrected chi connectivity index (χ4v) is 3.51. The van der Waals surface area contributed by atoms with Gasteiger partial charge in [-0.05, 0) is 31.1 Å². The van der Waals surface area contributed by atoms with E-state index < -0.39 is 0 Å². The van der Waals surface area contributed by atoms with Gasteiger partial charge >= 0.3 is 0 Å². The summed E-state index contributed by atoms with van der Waals surface area (Å²) in [7, 11) is 0. The van der Waals surface area contributed by atoms with Gasteiger partial charge in [-0.1, -0.05) is 46.0 Å². The van der Waals surface area contributed by atoms with E-state index in [-0.39, 0.29) is 0 Å². The van der Waals surface area contributed by atoms with Gasteiger partial charge in [0.05, 0.1) is 0 Å². The minimum Gasteiger partial charge on any atom is -0.327 e. The summed E-state index contributed by atoms with van der Waals surface area (Å²) >= 11 is 0. The van der Waals surface area contributed by atoms with E-state index in [0.717, 1.165) is 24.4 Å². The van der Waals surface area contributed by atoms with Gasteiger partial charge in [-0.25, -0.2) is 0 Å². The Morgan fingerprint density at radius 3 is 2.22 bits per heavy atom. The molecule has 0 aromatic carbocycles. The summed E-state index contributed by atoms with van der Waals surface area (Å²) in [5.41, 5.74) is 6.41. The lowest BCUT2D eigenvalue weighted by Gasteiger charge is -2.30. The van der Waals surface area contributed by atoms with E-state index >= 15 is 0 Å². The molecule has 0 radical (unpaired) electrons. The Bertz CT molecular complexity index is 229. The lowest BCUT2D eigenvalue weighted by Crippen LogP contribution is -2.41. The lowest BCUT2D eigenvalue weighted by molar-refractivity contribution is 0.203. The van der Waals surface area contributed by atoms with Gasteiger partial charge in [0.2, 0.25) is 0 Å². The summed E-state index contributed by atoms with van der Waals surface area (Å²) < 4.78 is 0. The first-order valence-corrected chi connectivity index (χ1v) is 8.14. The van der Waals surface area contributed by atoms with Gasteiger partial charge < -0.3 is 5.73 Å². The van der Waals surface area contributed by atoms with Gasteiger partial charge in [-0.2, -0.15) is 0 Å². The quantitative estimate of drug-likeness (QED) is 0.752. The molecular weight excluding hydrogens is 220 g/mol. The molecule has 1 unspecified atom stereocenters. The first-order chi connectivity index (χ1) is 8.65. The average molecular weight is 252 g/mol. The third kappa shape index (κ3) is 4.89. The predicted molar refractivity (Wildman–Crippen MR) is 78.6 cm³/mol. The molecule has 0 heterocycles. The molecule has 106 valence electrons. The van der Waals surface area contributed by atoms with E-state index in [1.807, 2.05) is 0 Å². The van der Waals surface area contributed by atoms with Crippen molar-refractivity contribution in [2.45, 2.75) is 77.3 Å². The first-order valence-electron chi connectivity index (χ1n) is 8.14. The number of hydrogen-bond donors (Lipinski definition) is 1. The SMILES string of the molecule is CC(C)CN(CC(N)CC1CCCCC1)C1CC1. The van der Waals surface area contributed by atoms with Crippen LogP contribution < -0.4 is 5.73 Å². The van der Waals surface area contributed by atoms with Crippen molar-refractivity contribution in [3.05, 3.63) is 0 Å². The van der Waals surface area contributed by atoms with Crippen LogP contribution in [0.4, 0.5) is 0 Å². The maximum absolute atomic E-state index is 6.41. The molecule has 0 spiro atoms. The van der Waals surface area contributed by atoms with E-state index in [4.69, 9.17) is 5.73 Å². The standard InChI is InChI=1S/C16H32N2/c1-13(2)11-18(16-8-9-16)12-15(17)10-14-6-4-3-5-7-14/h13-16H,3-12,17H2,1-2H3. The van der Waals surface area contributed by atoms with Crippen LogP contribution in [-0.4, -0.2) is 30.1 Å². The van der Waals surface area contributed by atoms with Crippen molar-refractivity contribution >= 4 is 0 Å². The Hall–Kier alpha value is -0.0800. The lowest BCUT2D eigenvalue weighted by atomic mass is 9.85. The molecule has 2 aliphatic carbocycles.